The van der Waals surface area contributed by atoms with E-state index in [0.29, 0.717) is 5.92 Å². The van der Waals surface area contributed by atoms with Crippen LogP contribution >= 0.6 is 0 Å². The molecule has 0 atom stereocenters. The quantitative estimate of drug-likeness (QED) is 0.811. The lowest BCUT2D eigenvalue weighted by atomic mass is 10.0. The van der Waals surface area contributed by atoms with Crippen molar-refractivity contribution in [3.05, 3.63) is 29.8 Å². The third kappa shape index (κ3) is 4.61. The Morgan fingerprint density at radius 1 is 1.25 bits per heavy atom. The molecule has 0 fully saturated rings. The number of hydrogen-bond acceptors (Lipinski definition) is 3. The van der Waals surface area contributed by atoms with Gasteiger partial charge in [-0.3, -0.25) is 0 Å². The highest BCUT2D eigenvalue weighted by Gasteiger charge is 2.05. The molecular weight excluding hydrogens is 229 g/mol. The van der Waals surface area contributed by atoms with Crippen LogP contribution in [0.25, 0.3) is 0 Å². The normalized spacial score (nSPS) is 11.8. The first-order valence-electron chi connectivity index (χ1n) is 5.14. The van der Waals surface area contributed by atoms with Crippen molar-refractivity contribution in [1.29, 1.82) is 0 Å². The first kappa shape index (κ1) is 13.0. The van der Waals surface area contributed by atoms with Crippen LogP contribution in [0, 0.1) is 0 Å². The van der Waals surface area contributed by atoms with E-state index in [2.05, 4.69) is 19.2 Å². The van der Waals surface area contributed by atoms with Crippen molar-refractivity contribution in [2.45, 2.75) is 19.8 Å². The summed E-state index contributed by atoms with van der Waals surface area (Å²) in [4.78, 5) is 0. The van der Waals surface area contributed by atoms with E-state index in [1.807, 2.05) is 24.3 Å². The van der Waals surface area contributed by atoms with Gasteiger partial charge in [0.05, 0.1) is 5.75 Å². The Labute approximate surface area is 95.9 Å². The summed E-state index contributed by atoms with van der Waals surface area (Å²) in [6, 6.07) is 7.66. The van der Waals surface area contributed by atoms with Crippen LogP contribution in [-0.2, 0) is 10.2 Å². The van der Waals surface area contributed by atoms with Crippen LogP contribution in [0.1, 0.15) is 25.3 Å². The van der Waals surface area contributed by atoms with Crippen molar-refractivity contribution in [1.82, 2.24) is 0 Å². The molecule has 0 amide bonds. The van der Waals surface area contributed by atoms with Gasteiger partial charge >= 0.3 is 10.2 Å². The summed E-state index contributed by atoms with van der Waals surface area (Å²) < 4.78 is 32.7. The molecule has 0 saturated carbocycles. The van der Waals surface area contributed by atoms with Crippen molar-refractivity contribution in [3.63, 3.8) is 0 Å². The zero-order valence-electron chi connectivity index (χ0n) is 9.40. The van der Waals surface area contributed by atoms with Gasteiger partial charge in [0.2, 0.25) is 0 Å². The van der Waals surface area contributed by atoms with Crippen LogP contribution in [0.2, 0.25) is 0 Å². The second-order valence-corrected chi connectivity index (χ2v) is 5.43. The Morgan fingerprint density at radius 3 is 2.25 bits per heavy atom. The average molecular weight is 245 g/mol. The van der Waals surface area contributed by atoms with Crippen LogP contribution in [0.15, 0.2) is 24.3 Å². The summed E-state index contributed by atoms with van der Waals surface area (Å²) in [5, 5.41) is 2.85. The molecule has 0 radical (unpaired) electrons. The molecule has 16 heavy (non-hydrogen) atoms. The van der Waals surface area contributed by atoms with Gasteiger partial charge in [-0.2, -0.15) is 8.42 Å². The molecule has 1 aromatic rings. The van der Waals surface area contributed by atoms with Gasteiger partial charge in [-0.05, 0) is 23.6 Å². The number of nitrogens with one attached hydrogen (secondary N) is 1. The molecule has 0 bridgehead atoms. The predicted octanol–water partition coefficient (Wildman–Crippen LogP) is 2.52. The maximum atomic E-state index is 12.2. The number of halogens is 1. The first-order chi connectivity index (χ1) is 7.38. The van der Waals surface area contributed by atoms with Gasteiger partial charge in [-0.25, -0.2) is 0 Å². The molecule has 0 saturated heterocycles. The number of rotatable bonds is 5. The first-order valence-corrected chi connectivity index (χ1v) is 6.70. The standard InChI is InChI=1S/C11H16FNO2S/c1-9(2)10-3-5-11(6-4-10)13-7-8-16(12,14)15/h3-6,9,13H,7-8H2,1-2H3. The number of benzene rings is 1. The monoisotopic (exact) mass is 245 g/mol. The zero-order valence-corrected chi connectivity index (χ0v) is 10.2. The topological polar surface area (TPSA) is 46.2 Å². The van der Waals surface area contributed by atoms with E-state index in [0.717, 1.165) is 5.69 Å². The van der Waals surface area contributed by atoms with Gasteiger partial charge < -0.3 is 5.32 Å². The summed E-state index contributed by atoms with van der Waals surface area (Å²) in [6.45, 7) is 4.27. The van der Waals surface area contributed by atoms with Crippen molar-refractivity contribution in [2.24, 2.45) is 0 Å². The fourth-order valence-electron chi connectivity index (χ4n) is 1.30. The third-order valence-electron chi connectivity index (χ3n) is 2.25. The highest BCUT2D eigenvalue weighted by Crippen LogP contribution is 2.16. The van der Waals surface area contributed by atoms with Crippen molar-refractivity contribution in [2.75, 3.05) is 17.6 Å². The van der Waals surface area contributed by atoms with Crippen molar-refractivity contribution >= 4 is 15.9 Å². The lowest BCUT2D eigenvalue weighted by molar-refractivity contribution is 0.552. The minimum absolute atomic E-state index is 0.0832. The summed E-state index contributed by atoms with van der Waals surface area (Å²) in [6.07, 6.45) is 0. The molecule has 90 valence electrons. The van der Waals surface area contributed by atoms with E-state index in [9.17, 15) is 12.3 Å². The average Bonchev–Trinajstić information content (AvgIpc) is 2.16. The van der Waals surface area contributed by atoms with Gasteiger partial charge in [0.15, 0.2) is 0 Å². The van der Waals surface area contributed by atoms with Crippen molar-refractivity contribution < 1.29 is 12.3 Å². The SMILES string of the molecule is CC(C)c1ccc(NCCS(=O)(=O)F)cc1. The molecule has 3 nitrogen and oxygen atoms in total. The second kappa shape index (κ2) is 5.30. The molecule has 0 aromatic heterocycles. The number of hydrogen-bond donors (Lipinski definition) is 1. The molecule has 5 heteroatoms. The van der Waals surface area contributed by atoms with E-state index < -0.39 is 16.0 Å². The molecule has 0 aliphatic rings. The van der Waals surface area contributed by atoms with Crippen LogP contribution < -0.4 is 5.32 Å². The van der Waals surface area contributed by atoms with Gasteiger partial charge in [-0.15, -0.1) is 3.89 Å². The van der Waals surface area contributed by atoms with E-state index in [1.165, 1.54) is 5.56 Å². The van der Waals surface area contributed by atoms with Crippen LogP contribution in [0.4, 0.5) is 9.57 Å². The highest BCUT2D eigenvalue weighted by atomic mass is 32.3. The minimum atomic E-state index is -4.38. The predicted molar refractivity (Wildman–Crippen MR) is 63.9 cm³/mol. The Morgan fingerprint density at radius 2 is 1.81 bits per heavy atom. The second-order valence-electron chi connectivity index (χ2n) is 3.95. The molecule has 1 aromatic carbocycles. The third-order valence-corrected chi connectivity index (χ3v) is 2.94. The Bertz CT molecular complexity index is 426. The Kier molecular flexibility index (Phi) is 4.29. The van der Waals surface area contributed by atoms with E-state index in [1.54, 1.807) is 0 Å². The molecule has 0 aliphatic carbocycles. The van der Waals surface area contributed by atoms with Gasteiger partial charge in [0.25, 0.3) is 0 Å². The molecule has 1 rings (SSSR count). The lowest BCUT2D eigenvalue weighted by Gasteiger charge is -2.08. The maximum absolute atomic E-state index is 12.2. The maximum Gasteiger partial charge on any atom is 0.304 e. The van der Waals surface area contributed by atoms with E-state index in [4.69, 9.17) is 0 Å². The molecular formula is C11H16FNO2S. The molecule has 0 heterocycles. The summed E-state index contributed by atoms with van der Waals surface area (Å²) >= 11 is 0. The molecule has 0 unspecified atom stereocenters. The minimum Gasteiger partial charge on any atom is -0.384 e. The molecule has 0 aliphatic heterocycles. The molecule has 1 N–H and O–H groups in total. The Balaban J connectivity index is 2.50. The Hall–Kier alpha value is -1.10. The van der Waals surface area contributed by atoms with Crippen molar-refractivity contribution in [3.8, 4) is 0 Å². The summed E-state index contributed by atoms with van der Waals surface area (Å²) in [5.41, 5.74) is 2.01. The van der Waals surface area contributed by atoms with E-state index >= 15 is 0 Å². The van der Waals surface area contributed by atoms with Crippen LogP contribution in [0.5, 0.6) is 0 Å². The van der Waals surface area contributed by atoms with Gasteiger partial charge in [-0.1, -0.05) is 26.0 Å². The van der Waals surface area contributed by atoms with Crippen LogP contribution in [-0.4, -0.2) is 20.7 Å². The van der Waals surface area contributed by atoms with Gasteiger partial charge in [0, 0.05) is 12.2 Å². The smallest absolute Gasteiger partial charge is 0.304 e. The largest absolute Gasteiger partial charge is 0.384 e. The number of anilines is 1. The molecule has 0 spiro atoms. The van der Waals surface area contributed by atoms with E-state index in [-0.39, 0.29) is 6.54 Å². The lowest BCUT2D eigenvalue weighted by Crippen LogP contribution is -2.11. The summed E-state index contributed by atoms with van der Waals surface area (Å²) in [5.74, 6) is -0.0425. The summed E-state index contributed by atoms with van der Waals surface area (Å²) in [7, 11) is -4.38. The van der Waals surface area contributed by atoms with Crippen LogP contribution in [0.3, 0.4) is 0 Å². The van der Waals surface area contributed by atoms with Gasteiger partial charge in [0.1, 0.15) is 0 Å². The highest BCUT2D eigenvalue weighted by molar-refractivity contribution is 7.86. The zero-order chi connectivity index (χ0) is 12.2. The fourth-order valence-corrected chi connectivity index (χ4v) is 1.65. The fraction of sp³-hybridized carbons (Fsp3) is 0.455.